The van der Waals surface area contributed by atoms with Gasteiger partial charge < -0.3 is 10.2 Å². The summed E-state index contributed by atoms with van der Waals surface area (Å²) < 4.78 is 0. The van der Waals surface area contributed by atoms with E-state index in [4.69, 9.17) is 10.2 Å². The lowest BCUT2D eigenvalue weighted by atomic mass is 9.73. The van der Waals surface area contributed by atoms with E-state index in [1.807, 2.05) is 0 Å². The summed E-state index contributed by atoms with van der Waals surface area (Å²) in [5, 5.41) is 18.3. The summed E-state index contributed by atoms with van der Waals surface area (Å²) in [4.78, 5) is 22.4. The highest BCUT2D eigenvalue weighted by atomic mass is 24.3. The van der Waals surface area contributed by atoms with Crippen LogP contribution in [0.3, 0.4) is 0 Å². The highest BCUT2D eigenvalue weighted by Gasteiger charge is 2.48. The predicted molar refractivity (Wildman–Crippen MR) is 69.8 cm³/mol. The normalized spacial score (nSPS) is 11.1. The van der Waals surface area contributed by atoms with Gasteiger partial charge in [0.1, 0.15) is 0 Å². The Kier molecular flexibility index (Phi) is 9.80. The van der Waals surface area contributed by atoms with Gasteiger partial charge in [-0.2, -0.15) is 0 Å². The second kappa shape index (κ2) is 8.75. The molecule has 0 aromatic carbocycles. The third-order valence-electron chi connectivity index (χ3n) is 3.17. The third-order valence-corrected chi connectivity index (χ3v) is 3.17. The van der Waals surface area contributed by atoms with Crippen LogP contribution in [-0.4, -0.2) is 45.2 Å². The molecule has 0 saturated carbocycles. The smallest absolute Gasteiger partial charge is 0.321 e. The van der Waals surface area contributed by atoms with Crippen molar-refractivity contribution in [2.45, 2.75) is 52.9 Å². The van der Waals surface area contributed by atoms with Crippen LogP contribution in [0.15, 0.2) is 0 Å². The van der Waals surface area contributed by atoms with Gasteiger partial charge in [0.15, 0.2) is 5.41 Å². The molecule has 0 rings (SSSR count). The van der Waals surface area contributed by atoms with Crippen LogP contribution >= 0.6 is 0 Å². The maximum atomic E-state index is 11.2. The molecule has 17 heavy (non-hydrogen) atoms. The van der Waals surface area contributed by atoms with Crippen LogP contribution in [0.5, 0.6) is 0 Å². The molecule has 0 aliphatic rings. The lowest BCUT2D eigenvalue weighted by Gasteiger charge is -2.28. The molecule has 0 unspecified atom stereocenters. The number of carboxylic acids is 2. The van der Waals surface area contributed by atoms with Gasteiger partial charge in [0.05, 0.1) is 0 Å². The molecule has 2 N–H and O–H groups in total. The Morgan fingerprint density at radius 3 is 1.82 bits per heavy atom. The number of rotatable bonds is 8. The lowest BCUT2D eigenvalue weighted by molar-refractivity contribution is -0.169. The van der Waals surface area contributed by atoms with Crippen LogP contribution in [0.4, 0.5) is 0 Å². The standard InChI is InChI=1S/C12H22O4.Mg.2H/c1-4-5-6-7-8-12(9(2)3,10(13)14)11(15)16;;;/h9H,4-8H2,1-3H3,(H,13,14)(H,15,16);;;. The van der Waals surface area contributed by atoms with Crippen molar-refractivity contribution in [3.05, 3.63) is 0 Å². The number of unbranched alkanes of at least 4 members (excludes halogenated alkanes) is 3. The number of aliphatic carboxylic acids is 2. The summed E-state index contributed by atoms with van der Waals surface area (Å²) in [5.74, 6) is -2.83. The zero-order valence-electron chi connectivity index (χ0n) is 10.3. The molecule has 98 valence electrons. The molecule has 0 aliphatic heterocycles. The Morgan fingerprint density at radius 1 is 1.06 bits per heavy atom. The first-order chi connectivity index (χ1) is 7.39. The van der Waals surface area contributed by atoms with E-state index in [0.29, 0.717) is 6.42 Å². The maximum absolute atomic E-state index is 11.2. The molecule has 5 heteroatoms. The summed E-state index contributed by atoms with van der Waals surface area (Å²) in [6, 6.07) is 0. The van der Waals surface area contributed by atoms with Gasteiger partial charge in [0, 0.05) is 0 Å². The van der Waals surface area contributed by atoms with Gasteiger partial charge in [-0.3, -0.25) is 9.59 Å². The van der Waals surface area contributed by atoms with Gasteiger partial charge in [-0.15, -0.1) is 0 Å². The second-order valence-corrected chi connectivity index (χ2v) is 4.55. The van der Waals surface area contributed by atoms with Crippen LogP contribution in [0.2, 0.25) is 0 Å². The van der Waals surface area contributed by atoms with Crippen LogP contribution < -0.4 is 0 Å². The van der Waals surface area contributed by atoms with E-state index in [9.17, 15) is 9.59 Å². The van der Waals surface area contributed by atoms with Gasteiger partial charge in [-0.1, -0.05) is 46.5 Å². The van der Waals surface area contributed by atoms with Gasteiger partial charge in [-0.05, 0) is 12.3 Å². The van der Waals surface area contributed by atoms with Crippen molar-refractivity contribution < 1.29 is 19.8 Å². The number of hydrogen-bond acceptors (Lipinski definition) is 2. The zero-order chi connectivity index (χ0) is 12.8. The SMILES string of the molecule is CCCCCCC(C(=O)O)(C(=O)O)C(C)C.[MgH2]. The molecular formula is C12H24MgO4. The molecule has 0 bridgehead atoms. The molecule has 0 aromatic heterocycles. The van der Waals surface area contributed by atoms with E-state index >= 15 is 0 Å². The van der Waals surface area contributed by atoms with Crippen molar-refractivity contribution >= 4 is 35.0 Å². The quantitative estimate of drug-likeness (QED) is 0.395. The molecule has 0 atom stereocenters. The van der Waals surface area contributed by atoms with Crippen LogP contribution in [-0.2, 0) is 9.59 Å². The largest absolute Gasteiger partial charge is 0.480 e. The van der Waals surface area contributed by atoms with E-state index in [1.54, 1.807) is 13.8 Å². The lowest BCUT2D eigenvalue weighted by Crippen LogP contribution is -2.43. The molecule has 0 saturated heterocycles. The van der Waals surface area contributed by atoms with E-state index < -0.39 is 23.3 Å². The predicted octanol–water partition coefficient (Wildman–Crippen LogP) is 1.85. The van der Waals surface area contributed by atoms with Gasteiger partial charge >= 0.3 is 35.0 Å². The molecule has 0 aliphatic carbocycles. The Hall–Kier alpha value is -0.294. The van der Waals surface area contributed by atoms with Crippen molar-refractivity contribution in [3.8, 4) is 0 Å². The van der Waals surface area contributed by atoms with Gasteiger partial charge in [0.25, 0.3) is 0 Å². The molecule has 0 radical (unpaired) electrons. The Bertz CT molecular complexity index is 237. The molecular weight excluding hydrogens is 232 g/mol. The Morgan fingerprint density at radius 2 is 1.53 bits per heavy atom. The van der Waals surface area contributed by atoms with E-state index in [0.717, 1.165) is 19.3 Å². The molecule has 0 heterocycles. The zero-order valence-corrected chi connectivity index (χ0v) is 10.3. The fourth-order valence-electron chi connectivity index (χ4n) is 1.92. The first-order valence-corrected chi connectivity index (χ1v) is 5.86. The van der Waals surface area contributed by atoms with Crippen molar-refractivity contribution in [2.24, 2.45) is 11.3 Å². The van der Waals surface area contributed by atoms with Crippen LogP contribution in [0.1, 0.15) is 52.9 Å². The summed E-state index contributed by atoms with van der Waals surface area (Å²) in [6.45, 7) is 5.37. The maximum Gasteiger partial charge on any atom is 0.321 e. The minimum atomic E-state index is -1.62. The minimum Gasteiger partial charge on any atom is -0.480 e. The van der Waals surface area contributed by atoms with Crippen molar-refractivity contribution in [3.63, 3.8) is 0 Å². The van der Waals surface area contributed by atoms with E-state index in [2.05, 4.69) is 6.92 Å². The third kappa shape index (κ3) is 4.83. The topological polar surface area (TPSA) is 74.6 Å². The summed E-state index contributed by atoms with van der Waals surface area (Å²) in [7, 11) is 0. The molecule has 0 aromatic rings. The van der Waals surface area contributed by atoms with Crippen molar-refractivity contribution in [2.75, 3.05) is 0 Å². The molecule has 0 spiro atoms. The summed E-state index contributed by atoms with van der Waals surface area (Å²) in [5.41, 5.74) is -1.62. The number of hydrogen-bond donors (Lipinski definition) is 2. The Labute approximate surface area is 119 Å². The minimum absolute atomic E-state index is 0. The number of carboxylic acid groups (broad SMARTS) is 2. The second-order valence-electron chi connectivity index (χ2n) is 4.55. The average Bonchev–Trinajstić information content (AvgIpc) is 2.16. The van der Waals surface area contributed by atoms with E-state index in [1.165, 1.54) is 0 Å². The van der Waals surface area contributed by atoms with Crippen molar-refractivity contribution in [1.82, 2.24) is 0 Å². The molecule has 0 amide bonds. The molecule has 0 fully saturated rings. The van der Waals surface area contributed by atoms with Crippen molar-refractivity contribution in [1.29, 1.82) is 0 Å². The molecule has 4 nitrogen and oxygen atoms in total. The highest BCUT2D eigenvalue weighted by Crippen LogP contribution is 2.34. The summed E-state index contributed by atoms with van der Waals surface area (Å²) in [6.07, 6.45) is 3.84. The first kappa shape index (κ1) is 19.1. The first-order valence-electron chi connectivity index (χ1n) is 5.86. The highest BCUT2D eigenvalue weighted by molar-refractivity contribution is 5.98. The van der Waals surface area contributed by atoms with Gasteiger partial charge in [-0.25, -0.2) is 0 Å². The Balaban J connectivity index is 0. The van der Waals surface area contributed by atoms with Gasteiger partial charge in [0.2, 0.25) is 0 Å². The fraction of sp³-hybridized carbons (Fsp3) is 0.833. The average molecular weight is 257 g/mol. The van der Waals surface area contributed by atoms with Crippen LogP contribution in [0.25, 0.3) is 0 Å². The monoisotopic (exact) mass is 256 g/mol. The fourth-order valence-corrected chi connectivity index (χ4v) is 1.92. The summed E-state index contributed by atoms with van der Waals surface area (Å²) >= 11 is 0. The number of carbonyl (C=O) groups is 2. The van der Waals surface area contributed by atoms with Crippen LogP contribution in [0, 0.1) is 11.3 Å². The van der Waals surface area contributed by atoms with E-state index in [-0.39, 0.29) is 29.5 Å².